The van der Waals surface area contributed by atoms with Gasteiger partial charge < -0.3 is 14.8 Å². The van der Waals surface area contributed by atoms with Gasteiger partial charge in [-0.3, -0.25) is 0 Å². The zero-order chi connectivity index (χ0) is 17.9. The molecular formula is C19H17F2NO3. The Morgan fingerprint density at radius 2 is 1.80 bits per heavy atom. The molecule has 4 nitrogen and oxygen atoms in total. The van der Waals surface area contributed by atoms with Gasteiger partial charge in [0.05, 0.1) is 0 Å². The van der Waals surface area contributed by atoms with E-state index in [0.29, 0.717) is 18.5 Å². The van der Waals surface area contributed by atoms with E-state index in [1.54, 1.807) is 12.1 Å². The molecule has 0 aromatic heterocycles. The van der Waals surface area contributed by atoms with Crippen LogP contribution < -0.4 is 10.1 Å². The van der Waals surface area contributed by atoms with Crippen molar-refractivity contribution < 1.29 is 23.0 Å². The fourth-order valence-electron chi connectivity index (χ4n) is 1.89. The topological polar surface area (TPSA) is 47.6 Å². The molecule has 2 aromatic carbocycles. The molecule has 0 spiro atoms. The number of halogens is 2. The van der Waals surface area contributed by atoms with Crippen molar-refractivity contribution >= 4 is 6.09 Å². The Labute approximate surface area is 144 Å². The van der Waals surface area contributed by atoms with Crippen molar-refractivity contribution in [1.82, 2.24) is 5.32 Å². The zero-order valence-corrected chi connectivity index (χ0v) is 13.4. The van der Waals surface area contributed by atoms with Crippen LogP contribution in [0.3, 0.4) is 0 Å². The van der Waals surface area contributed by atoms with Gasteiger partial charge in [0.1, 0.15) is 12.4 Å². The smallest absolute Gasteiger partial charge is 0.407 e. The predicted octanol–water partition coefficient (Wildman–Crippen LogP) is 3.96. The van der Waals surface area contributed by atoms with Crippen molar-refractivity contribution in [1.29, 1.82) is 0 Å². The summed E-state index contributed by atoms with van der Waals surface area (Å²) in [4.78, 5) is 11.5. The molecule has 0 unspecified atom stereocenters. The Bertz CT molecular complexity index is 722. The van der Waals surface area contributed by atoms with Crippen LogP contribution in [0.15, 0.2) is 54.6 Å². The van der Waals surface area contributed by atoms with Gasteiger partial charge in [0.2, 0.25) is 0 Å². The first-order valence-electron chi connectivity index (χ1n) is 7.62. The van der Waals surface area contributed by atoms with E-state index in [1.165, 1.54) is 12.1 Å². The van der Waals surface area contributed by atoms with Crippen LogP contribution in [0.25, 0.3) is 0 Å². The highest BCUT2D eigenvalue weighted by atomic mass is 19.3. The third-order valence-electron chi connectivity index (χ3n) is 3.04. The van der Waals surface area contributed by atoms with E-state index in [9.17, 15) is 13.6 Å². The molecule has 0 aliphatic rings. The van der Waals surface area contributed by atoms with Crippen LogP contribution in [-0.4, -0.2) is 19.2 Å². The van der Waals surface area contributed by atoms with Crippen molar-refractivity contribution in [3.05, 3.63) is 65.7 Å². The van der Waals surface area contributed by atoms with Crippen molar-refractivity contribution in [2.24, 2.45) is 0 Å². The van der Waals surface area contributed by atoms with Crippen molar-refractivity contribution in [3.8, 4) is 17.6 Å². The van der Waals surface area contributed by atoms with Crippen LogP contribution in [-0.2, 0) is 11.3 Å². The average Bonchev–Trinajstić information content (AvgIpc) is 2.61. The number of hydrogen-bond acceptors (Lipinski definition) is 3. The maximum absolute atomic E-state index is 12.0. The van der Waals surface area contributed by atoms with Gasteiger partial charge in [0.25, 0.3) is 0 Å². The van der Waals surface area contributed by atoms with Gasteiger partial charge in [-0.1, -0.05) is 42.2 Å². The second kappa shape index (κ2) is 9.93. The van der Waals surface area contributed by atoms with Gasteiger partial charge in [-0.15, -0.1) is 0 Å². The van der Waals surface area contributed by atoms with E-state index in [2.05, 4.69) is 21.9 Å². The van der Waals surface area contributed by atoms with Crippen LogP contribution >= 0.6 is 0 Å². The molecule has 2 rings (SSSR count). The predicted molar refractivity (Wildman–Crippen MR) is 89.2 cm³/mol. The number of alkyl halides is 2. The minimum atomic E-state index is -2.84. The minimum absolute atomic E-state index is 0.0865. The Morgan fingerprint density at radius 3 is 2.48 bits per heavy atom. The molecule has 0 bridgehead atoms. The molecule has 0 aliphatic carbocycles. The number of carbonyl (C=O) groups is 1. The van der Waals surface area contributed by atoms with Gasteiger partial charge in [0.15, 0.2) is 0 Å². The van der Waals surface area contributed by atoms with Crippen LogP contribution in [0, 0.1) is 11.8 Å². The Morgan fingerprint density at radius 1 is 1.08 bits per heavy atom. The average molecular weight is 345 g/mol. The molecule has 25 heavy (non-hydrogen) atoms. The van der Waals surface area contributed by atoms with E-state index in [1.807, 2.05) is 30.3 Å². The van der Waals surface area contributed by atoms with Crippen LogP contribution in [0.4, 0.5) is 13.6 Å². The lowest BCUT2D eigenvalue weighted by Crippen LogP contribution is -2.24. The third kappa shape index (κ3) is 7.36. The largest absolute Gasteiger partial charge is 0.445 e. The summed E-state index contributed by atoms with van der Waals surface area (Å²) < 4.78 is 33.4. The summed E-state index contributed by atoms with van der Waals surface area (Å²) in [6.45, 7) is -2.27. The van der Waals surface area contributed by atoms with E-state index >= 15 is 0 Å². The number of benzene rings is 2. The Kier molecular flexibility index (Phi) is 7.26. The van der Waals surface area contributed by atoms with E-state index in [4.69, 9.17) is 4.74 Å². The van der Waals surface area contributed by atoms with Gasteiger partial charge in [-0.05, 0) is 29.8 Å². The maximum atomic E-state index is 12.0. The summed E-state index contributed by atoms with van der Waals surface area (Å²) >= 11 is 0. The van der Waals surface area contributed by atoms with Gasteiger partial charge in [0, 0.05) is 18.5 Å². The number of carbonyl (C=O) groups excluding carboxylic acids is 1. The normalized spacial score (nSPS) is 9.88. The van der Waals surface area contributed by atoms with Gasteiger partial charge >= 0.3 is 12.7 Å². The SMILES string of the molecule is O=C(NCCC#Cc1ccc(OC(F)F)cc1)OCc1ccccc1. The summed E-state index contributed by atoms with van der Waals surface area (Å²) in [5.74, 6) is 5.84. The molecule has 130 valence electrons. The second-order valence-corrected chi connectivity index (χ2v) is 4.94. The first kappa shape index (κ1) is 18.3. The van der Waals surface area contributed by atoms with Crippen LogP contribution in [0.1, 0.15) is 17.5 Å². The molecular weight excluding hydrogens is 328 g/mol. The summed E-state index contributed by atoms with van der Waals surface area (Å²) in [6.07, 6.45) is -0.0606. The molecule has 2 aromatic rings. The van der Waals surface area contributed by atoms with Crippen LogP contribution in [0.2, 0.25) is 0 Å². The highest BCUT2D eigenvalue weighted by Crippen LogP contribution is 2.14. The third-order valence-corrected chi connectivity index (χ3v) is 3.04. The summed E-state index contributed by atoms with van der Waals surface area (Å²) in [5.41, 5.74) is 1.59. The highest BCUT2D eigenvalue weighted by Gasteiger charge is 2.03. The number of nitrogens with one attached hydrogen (secondary N) is 1. The first-order valence-corrected chi connectivity index (χ1v) is 7.62. The standard InChI is InChI=1S/C19H17F2NO3/c20-18(21)25-17-11-9-15(10-12-17)6-4-5-13-22-19(23)24-14-16-7-2-1-3-8-16/h1-3,7-12,18H,5,13-14H2,(H,22,23). The van der Waals surface area contributed by atoms with Crippen molar-refractivity contribution in [2.75, 3.05) is 6.54 Å². The van der Waals surface area contributed by atoms with E-state index in [-0.39, 0.29) is 12.4 Å². The van der Waals surface area contributed by atoms with Gasteiger partial charge in [-0.2, -0.15) is 8.78 Å². The zero-order valence-electron chi connectivity index (χ0n) is 13.4. The summed E-state index contributed by atoms with van der Waals surface area (Å²) in [6, 6.07) is 15.4. The molecule has 0 fully saturated rings. The van der Waals surface area contributed by atoms with Gasteiger partial charge in [-0.25, -0.2) is 4.79 Å². The number of amides is 1. The lowest BCUT2D eigenvalue weighted by molar-refractivity contribution is -0.0498. The second-order valence-electron chi connectivity index (χ2n) is 4.94. The number of hydrogen-bond donors (Lipinski definition) is 1. The summed E-state index contributed by atoms with van der Waals surface area (Å²) in [7, 11) is 0. The molecule has 1 N–H and O–H groups in total. The number of alkyl carbamates (subject to hydrolysis) is 1. The Balaban J connectivity index is 1.65. The van der Waals surface area contributed by atoms with Crippen molar-refractivity contribution in [2.45, 2.75) is 19.6 Å². The lowest BCUT2D eigenvalue weighted by atomic mass is 10.2. The molecule has 1 amide bonds. The van der Waals surface area contributed by atoms with E-state index < -0.39 is 12.7 Å². The minimum Gasteiger partial charge on any atom is -0.445 e. The lowest BCUT2D eigenvalue weighted by Gasteiger charge is -2.05. The highest BCUT2D eigenvalue weighted by molar-refractivity contribution is 5.67. The molecule has 0 saturated carbocycles. The van der Waals surface area contributed by atoms with Crippen molar-refractivity contribution in [3.63, 3.8) is 0 Å². The quantitative estimate of drug-likeness (QED) is 0.637. The Hall–Kier alpha value is -3.07. The fraction of sp³-hybridized carbons (Fsp3) is 0.211. The molecule has 6 heteroatoms. The van der Waals surface area contributed by atoms with Crippen LogP contribution in [0.5, 0.6) is 5.75 Å². The fourth-order valence-corrected chi connectivity index (χ4v) is 1.89. The maximum Gasteiger partial charge on any atom is 0.407 e. The molecule has 0 heterocycles. The van der Waals surface area contributed by atoms with E-state index in [0.717, 1.165) is 5.56 Å². The molecule has 0 radical (unpaired) electrons. The first-order chi connectivity index (χ1) is 12.1. The monoisotopic (exact) mass is 345 g/mol. The molecule has 0 aliphatic heterocycles. The molecule has 0 atom stereocenters. The summed E-state index contributed by atoms with van der Waals surface area (Å²) in [5, 5.41) is 2.60. The molecule has 0 saturated heterocycles. The number of rotatable bonds is 6. The number of ether oxygens (including phenoxy) is 2.